The number of halogens is 1. The van der Waals surface area contributed by atoms with E-state index in [4.69, 9.17) is 14.2 Å². The highest BCUT2D eigenvalue weighted by Crippen LogP contribution is 2.38. The molecule has 0 unspecified atom stereocenters. The van der Waals surface area contributed by atoms with Crippen molar-refractivity contribution in [1.29, 1.82) is 0 Å². The molecular weight excluding hydrogens is 624 g/mol. The molecule has 0 spiro atoms. The highest BCUT2D eigenvalue weighted by molar-refractivity contribution is 9.10. The molecule has 8 nitrogen and oxygen atoms in total. The van der Waals surface area contributed by atoms with Gasteiger partial charge in [0.2, 0.25) is 0 Å². The quantitative estimate of drug-likeness (QED) is 0.143. The van der Waals surface area contributed by atoms with Crippen molar-refractivity contribution in [2.75, 3.05) is 11.5 Å². The SMILES string of the molecule is CCOc1cc(/C=C2\C(=O)NC(=O)N(c3ccc(OCc4ccc(C)cc4)cc3)C2=O)cc(Br)c1OCc1cccc(C)c1. The number of nitrogens with one attached hydrogen (secondary N) is 1. The minimum Gasteiger partial charge on any atom is -0.490 e. The molecule has 0 aromatic heterocycles. The molecular formula is C35H31BrN2O6. The Balaban J connectivity index is 1.35. The second kappa shape index (κ2) is 13.6. The molecule has 0 radical (unpaired) electrons. The number of benzene rings is 4. The highest BCUT2D eigenvalue weighted by Gasteiger charge is 2.37. The van der Waals surface area contributed by atoms with Gasteiger partial charge in [-0.05, 0) is 95.9 Å². The summed E-state index contributed by atoms with van der Waals surface area (Å²) in [7, 11) is 0. The molecule has 0 bridgehead atoms. The third-order valence-electron chi connectivity index (χ3n) is 6.83. The number of ether oxygens (including phenoxy) is 3. The van der Waals surface area contributed by atoms with Crippen LogP contribution in [0.15, 0.2) is 95.0 Å². The van der Waals surface area contributed by atoms with E-state index in [-0.39, 0.29) is 5.57 Å². The van der Waals surface area contributed by atoms with Gasteiger partial charge in [-0.25, -0.2) is 9.69 Å². The maximum absolute atomic E-state index is 13.5. The molecule has 4 aromatic rings. The van der Waals surface area contributed by atoms with Gasteiger partial charge in [-0.1, -0.05) is 59.7 Å². The van der Waals surface area contributed by atoms with Crippen LogP contribution in [0.3, 0.4) is 0 Å². The maximum Gasteiger partial charge on any atom is 0.335 e. The molecule has 0 aliphatic carbocycles. The van der Waals surface area contributed by atoms with Crippen molar-refractivity contribution >= 4 is 45.5 Å². The topological polar surface area (TPSA) is 94.2 Å². The molecule has 0 atom stereocenters. The Labute approximate surface area is 264 Å². The fourth-order valence-electron chi connectivity index (χ4n) is 4.63. The standard InChI is InChI=1S/C35H31BrN2O6/c1-4-42-31-19-26(18-30(36)32(31)44-21-25-7-5-6-23(3)16-25)17-29-33(39)37-35(41)38(34(29)40)27-12-14-28(15-13-27)43-20-24-10-8-22(2)9-11-24/h5-19H,4,20-21H2,1-3H3,(H,37,39,41)/b29-17+. The summed E-state index contributed by atoms with van der Waals surface area (Å²) in [5.41, 5.74) is 4.92. The van der Waals surface area contributed by atoms with E-state index in [2.05, 4.69) is 21.2 Å². The Hall–Kier alpha value is -4.89. The number of anilines is 1. The first-order valence-electron chi connectivity index (χ1n) is 14.1. The van der Waals surface area contributed by atoms with Gasteiger partial charge in [-0.3, -0.25) is 14.9 Å². The number of imide groups is 2. The number of amides is 4. The average Bonchev–Trinajstić information content (AvgIpc) is 2.99. The molecule has 1 fully saturated rings. The normalized spacial score (nSPS) is 14.0. The van der Waals surface area contributed by atoms with Crippen LogP contribution >= 0.6 is 15.9 Å². The Morgan fingerprint density at radius 1 is 0.795 bits per heavy atom. The lowest BCUT2D eigenvalue weighted by Crippen LogP contribution is -2.54. The van der Waals surface area contributed by atoms with Crippen LogP contribution in [0.25, 0.3) is 6.08 Å². The molecule has 4 aromatic carbocycles. The predicted octanol–water partition coefficient (Wildman–Crippen LogP) is 7.29. The van der Waals surface area contributed by atoms with Crippen LogP contribution in [0, 0.1) is 13.8 Å². The van der Waals surface area contributed by atoms with Crippen LogP contribution in [-0.4, -0.2) is 24.5 Å². The highest BCUT2D eigenvalue weighted by atomic mass is 79.9. The smallest absolute Gasteiger partial charge is 0.335 e. The van der Waals surface area contributed by atoms with Crippen molar-refractivity contribution in [1.82, 2.24) is 5.32 Å². The summed E-state index contributed by atoms with van der Waals surface area (Å²) in [5, 5.41) is 2.26. The molecule has 9 heteroatoms. The number of hydrogen-bond donors (Lipinski definition) is 1. The number of aryl methyl sites for hydroxylation is 2. The van der Waals surface area contributed by atoms with Crippen molar-refractivity contribution in [3.05, 3.63) is 123 Å². The third kappa shape index (κ3) is 7.18. The zero-order valence-electron chi connectivity index (χ0n) is 24.6. The number of urea groups is 1. The lowest BCUT2D eigenvalue weighted by atomic mass is 10.1. The van der Waals surface area contributed by atoms with Gasteiger partial charge in [0.1, 0.15) is 24.5 Å². The van der Waals surface area contributed by atoms with Gasteiger partial charge in [-0.15, -0.1) is 0 Å². The first kappa shape index (κ1) is 30.6. The zero-order chi connectivity index (χ0) is 31.2. The van der Waals surface area contributed by atoms with E-state index in [1.165, 1.54) is 6.08 Å². The minimum absolute atomic E-state index is 0.202. The second-order valence-electron chi connectivity index (χ2n) is 10.3. The average molecular weight is 656 g/mol. The number of nitrogens with zero attached hydrogens (tertiary/aromatic N) is 1. The van der Waals surface area contributed by atoms with Gasteiger partial charge in [0.15, 0.2) is 11.5 Å². The summed E-state index contributed by atoms with van der Waals surface area (Å²) in [6, 6.07) is 25.1. The van der Waals surface area contributed by atoms with Crippen LogP contribution in [0.1, 0.15) is 34.7 Å². The number of carbonyl (C=O) groups excluding carboxylic acids is 3. The number of barbiturate groups is 1. The van der Waals surface area contributed by atoms with E-state index in [1.54, 1.807) is 36.4 Å². The van der Waals surface area contributed by atoms with Gasteiger partial charge in [0.25, 0.3) is 11.8 Å². The fourth-order valence-corrected chi connectivity index (χ4v) is 5.21. The third-order valence-corrected chi connectivity index (χ3v) is 7.42. The Morgan fingerprint density at radius 3 is 2.23 bits per heavy atom. The van der Waals surface area contributed by atoms with E-state index in [9.17, 15) is 14.4 Å². The van der Waals surface area contributed by atoms with Crippen LogP contribution in [0.4, 0.5) is 10.5 Å². The van der Waals surface area contributed by atoms with E-state index in [0.29, 0.717) is 52.8 Å². The van der Waals surface area contributed by atoms with Crippen molar-refractivity contribution in [3.63, 3.8) is 0 Å². The van der Waals surface area contributed by atoms with Gasteiger partial charge in [0, 0.05) is 0 Å². The van der Waals surface area contributed by atoms with E-state index in [1.807, 2.05) is 69.3 Å². The molecule has 1 saturated heterocycles. The van der Waals surface area contributed by atoms with E-state index in [0.717, 1.165) is 27.2 Å². The summed E-state index contributed by atoms with van der Waals surface area (Å²) in [5.74, 6) is -0.0243. The summed E-state index contributed by atoms with van der Waals surface area (Å²) >= 11 is 3.55. The lowest BCUT2D eigenvalue weighted by Gasteiger charge is -2.26. The first-order chi connectivity index (χ1) is 21.2. The Bertz CT molecular complexity index is 1730. The summed E-state index contributed by atoms with van der Waals surface area (Å²) in [4.78, 5) is 40.0. The van der Waals surface area contributed by atoms with Crippen LogP contribution in [0.5, 0.6) is 17.2 Å². The van der Waals surface area contributed by atoms with Crippen LogP contribution < -0.4 is 24.4 Å². The maximum atomic E-state index is 13.5. The molecule has 1 aliphatic rings. The predicted molar refractivity (Wildman–Crippen MR) is 172 cm³/mol. The Kier molecular flexibility index (Phi) is 9.45. The molecule has 5 rings (SSSR count). The molecule has 0 saturated carbocycles. The first-order valence-corrected chi connectivity index (χ1v) is 14.9. The molecule has 44 heavy (non-hydrogen) atoms. The van der Waals surface area contributed by atoms with Crippen molar-refractivity contribution in [3.8, 4) is 17.2 Å². The summed E-state index contributed by atoms with van der Waals surface area (Å²) in [6.45, 7) is 6.96. The molecule has 4 amide bonds. The van der Waals surface area contributed by atoms with E-state index >= 15 is 0 Å². The number of rotatable bonds is 10. The Morgan fingerprint density at radius 2 is 1.52 bits per heavy atom. The summed E-state index contributed by atoms with van der Waals surface area (Å²) in [6.07, 6.45) is 1.42. The minimum atomic E-state index is -0.832. The zero-order valence-corrected chi connectivity index (χ0v) is 26.1. The number of carbonyl (C=O) groups is 3. The van der Waals surface area contributed by atoms with Crippen LogP contribution in [-0.2, 0) is 22.8 Å². The molecule has 1 aliphatic heterocycles. The van der Waals surface area contributed by atoms with Crippen molar-refractivity contribution in [2.24, 2.45) is 0 Å². The lowest BCUT2D eigenvalue weighted by molar-refractivity contribution is -0.122. The fraction of sp³-hybridized carbons (Fsp3) is 0.171. The van der Waals surface area contributed by atoms with Gasteiger partial charge >= 0.3 is 6.03 Å². The van der Waals surface area contributed by atoms with Crippen molar-refractivity contribution in [2.45, 2.75) is 34.0 Å². The van der Waals surface area contributed by atoms with Gasteiger partial charge < -0.3 is 14.2 Å². The van der Waals surface area contributed by atoms with Crippen molar-refractivity contribution < 1.29 is 28.6 Å². The summed E-state index contributed by atoms with van der Waals surface area (Å²) < 4.78 is 18.4. The van der Waals surface area contributed by atoms with Gasteiger partial charge in [-0.2, -0.15) is 0 Å². The molecule has 1 N–H and O–H groups in total. The molecule has 1 heterocycles. The number of hydrogen-bond acceptors (Lipinski definition) is 6. The largest absolute Gasteiger partial charge is 0.490 e. The van der Waals surface area contributed by atoms with Gasteiger partial charge in [0.05, 0.1) is 16.8 Å². The second-order valence-corrected chi connectivity index (χ2v) is 11.1. The van der Waals surface area contributed by atoms with Crippen LogP contribution in [0.2, 0.25) is 0 Å². The van der Waals surface area contributed by atoms with E-state index < -0.39 is 17.8 Å². The monoisotopic (exact) mass is 654 g/mol. The molecule has 224 valence electrons.